The predicted molar refractivity (Wildman–Crippen MR) is 71.9 cm³/mol. The maximum absolute atomic E-state index is 12.3. The highest BCUT2D eigenvalue weighted by Crippen LogP contribution is 2.15. The molecule has 0 aliphatic rings. The van der Waals surface area contributed by atoms with Crippen LogP contribution in [0.2, 0.25) is 0 Å². The van der Waals surface area contributed by atoms with Gasteiger partial charge in [0.1, 0.15) is 10.7 Å². The van der Waals surface area contributed by atoms with Gasteiger partial charge < -0.3 is 5.73 Å². The number of sulfonamides is 1. The van der Waals surface area contributed by atoms with Gasteiger partial charge in [-0.1, -0.05) is 0 Å². The standard InChI is InChI=1S/C11H16N6O2S/c1-8-14-11(16-15-8)7-17(2)20(18,19)10-4-3-9(5-12)13-6-10/h3-4,6H,5,7,12H2,1-2H3,(H,14,15,16). The van der Waals surface area contributed by atoms with Crippen LogP contribution in [0.4, 0.5) is 0 Å². The molecule has 2 aromatic rings. The summed E-state index contributed by atoms with van der Waals surface area (Å²) in [5, 5.41) is 6.59. The monoisotopic (exact) mass is 296 g/mol. The molecule has 0 spiro atoms. The second-order valence-electron chi connectivity index (χ2n) is 4.29. The second-order valence-corrected chi connectivity index (χ2v) is 6.33. The molecule has 0 aliphatic carbocycles. The summed E-state index contributed by atoms with van der Waals surface area (Å²) in [5.41, 5.74) is 6.07. The number of aromatic amines is 1. The van der Waals surface area contributed by atoms with E-state index in [0.29, 0.717) is 17.3 Å². The Kier molecular flexibility index (Phi) is 4.12. The van der Waals surface area contributed by atoms with E-state index in [1.54, 1.807) is 13.0 Å². The minimum absolute atomic E-state index is 0.0886. The van der Waals surface area contributed by atoms with Gasteiger partial charge in [0.25, 0.3) is 0 Å². The number of hydrogen-bond donors (Lipinski definition) is 2. The van der Waals surface area contributed by atoms with Gasteiger partial charge in [-0.15, -0.1) is 0 Å². The summed E-state index contributed by atoms with van der Waals surface area (Å²) < 4.78 is 25.8. The zero-order valence-electron chi connectivity index (χ0n) is 11.2. The number of aryl methyl sites for hydroxylation is 1. The van der Waals surface area contributed by atoms with Gasteiger partial charge in [0.2, 0.25) is 10.0 Å². The lowest BCUT2D eigenvalue weighted by Crippen LogP contribution is -2.27. The molecule has 0 radical (unpaired) electrons. The van der Waals surface area contributed by atoms with Crippen molar-refractivity contribution in [2.45, 2.75) is 24.9 Å². The van der Waals surface area contributed by atoms with Crippen LogP contribution in [0, 0.1) is 6.92 Å². The molecule has 0 saturated carbocycles. The highest BCUT2D eigenvalue weighted by atomic mass is 32.2. The quantitative estimate of drug-likeness (QED) is 0.788. The van der Waals surface area contributed by atoms with Gasteiger partial charge in [-0.25, -0.2) is 13.4 Å². The zero-order chi connectivity index (χ0) is 14.8. The summed E-state index contributed by atoms with van der Waals surface area (Å²) >= 11 is 0. The number of H-pyrrole nitrogens is 1. The van der Waals surface area contributed by atoms with Gasteiger partial charge in [0, 0.05) is 19.8 Å². The van der Waals surface area contributed by atoms with Crippen molar-refractivity contribution < 1.29 is 8.42 Å². The molecule has 0 atom stereocenters. The second kappa shape index (κ2) is 5.65. The first-order valence-electron chi connectivity index (χ1n) is 5.92. The minimum Gasteiger partial charge on any atom is -0.325 e. The molecule has 0 bridgehead atoms. The Hall–Kier alpha value is -1.84. The third-order valence-corrected chi connectivity index (χ3v) is 4.51. The van der Waals surface area contributed by atoms with E-state index in [4.69, 9.17) is 5.73 Å². The molecule has 20 heavy (non-hydrogen) atoms. The van der Waals surface area contributed by atoms with E-state index in [0.717, 1.165) is 0 Å². The lowest BCUT2D eigenvalue weighted by Gasteiger charge is -2.15. The number of hydrogen-bond acceptors (Lipinski definition) is 6. The average Bonchev–Trinajstić information content (AvgIpc) is 2.84. The van der Waals surface area contributed by atoms with Crippen molar-refractivity contribution in [3.05, 3.63) is 35.7 Å². The van der Waals surface area contributed by atoms with Crippen LogP contribution in [-0.4, -0.2) is 39.9 Å². The smallest absolute Gasteiger partial charge is 0.244 e. The maximum Gasteiger partial charge on any atom is 0.244 e. The number of rotatable bonds is 5. The van der Waals surface area contributed by atoms with Gasteiger partial charge >= 0.3 is 0 Å². The summed E-state index contributed by atoms with van der Waals surface area (Å²) in [6.45, 7) is 2.11. The Labute approximate surface area is 117 Å². The minimum atomic E-state index is -3.62. The molecular formula is C11H16N6O2S. The first-order valence-corrected chi connectivity index (χ1v) is 7.36. The molecule has 2 heterocycles. The van der Waals surface area contributed by atoms with Gasteiger partial charge in [-0.2, -0.15) is 9.40 Å². The van der Waals surface area contributed by atoms with Crippen molar-refractivity contribution in [3.8, 4) is 0 Å². The molecule has 3 N–H and O–H groups in total. The van der Waals surface area contributed by atoms with Crippen molar-refractivity contribution in [3.63, 3.8) is 0 Å². The van der Waals surface area contributed by atoms with Crippen molar-refractivity contribution >= 4 is 10.0 Å². The van der Waals surface area contributed by atoms with Crippen molar-refractivity contribution in [2.24, 2.45) is 5.73 Å². The van der Waals surface area contributed by atoms with E-state index in [2.05, 4.69) is 20.2 Å². The molecule has 0 saturated heterocycles. The summed E-state index contributed by atoms with van der Waals surface area (Å²) in [6, 6.07) is 3.09. The third kappa shape index (κ3) is 3.00. The van der Waals surface area contributed by atoms with Gasteiger partial charge in [0.05, 0.1) is 12.2 Å². The van der Waals surface area contributed by atoms with E-state index in [1.165, 1.54) is 23.6 Å². The van der Waals surface area contributed by atoms with Crippen LogP contribution in [0.3, 0.4) is 0 Å². The Morgan fingerprint density at radius 2 is 2.15 bits per heavy atom. The van der Waals surface area contributed by atoms with Crippen LogP contribution in [0.25, 0.3) is 0 Å². The molecule has 8 nitrogen and oxygen atoms in total. The topological polar surface area (TPSA) is 118 Å². The van der Waals surface area contributed by atoms with Crippen LogP contribution < -0.4 is 5.73 Å². The summed E-state index contributed by atoms with van der Waals surface area (Å²) in [4.78, 5) is 8.18. The summed E-state index contributed by atoms with van der Waals surface area (Å²) in [5.74, 6) is 1.06. The normalized spacial score (nSPS) is 12.0. The van der Waals surface area contributed by atoms with E-state index in [1.807, 2.05) is 0 Å². The van der Waals surface area contributed by atoms with Crippen LogP contribution in [-0.2, 0) is 23.1 Å². The molecule has 2 rings (SSSR count). The first kappa shape index (κ1) is 14.6. The van der Waals surface area contributed by atoms with Crippen LogP contribution in [0.1, 0.15) is 17.3 Å². The fourth-order valence-corrected chi connectivity index (χ4v) is 2.68. The maximum atomic E-state index is 12.3. The third-order valence-electron chi connectivity index (χ3n) is 2.72. The van der Waals surface area contributed by atoms with Gasteiger partial charge in [0.15, 0.2) is 5.82 Å². The number of nitrogens with two attached hydrogens (primary N) is 1. The summed E-state index contributed by atoms with van der Waals surface area (Å²) in [6.07, 6.45) is 1.30. The fraction of sp³-hybridized carbons (Fsp3) is 0.364. The van der Waals surface area contributed by atoms with Crippen molar-refractivity contribution in [1.82, 2.24) is 24.5 Å². The van der Waals surface area contributed by atoms with E-state index in [9.17, 15) is 8.42 Å². The van der Waals surface area contributed by atoms with Crippen LogP contribution in [0.15, 0.2) is 23.2 Å². The summed E-state index contributed by atoms with van der Waals surface area (Å²) in [7, 11) is -2.15. The average molecular weight is 296 g/mol. The van der Waals surface area contributed by atoms with Crippen molar-refractivity contribution in [2.75, 3.05) is 7.05 Å². The molecule has 0 unspecified atom stereocenters. The Balaban J connectivity index is 2.19. The largest absolute Gasteiger partial charge is 0.325 e. The van der Waals surface area contributed by atoms with E-state index in [-0.39, 0.29) is 18.0 Å². The van der Waals surface area contributed by atoms with Gasteiger partial charge in [-0.05, 0) is 19.1 Å². The highest BCUT2D eigenvalue weighted by Gasteiger charge is 2.22. The van der Waals surface area contributed by atoms with E-state index < -0.39 is 10.0 Å². The predicted octanol–water partition coefficient (Wildman–Crippen LogP) is -0.212. The molecular weight excluding hydrogens is 280 g/mol. The Bertz CT molecular complexity index is 679. The van der Waals surface area contributed by atoms with Crippen molar-refractivity contribution in [1.29, 1.82) is 0 Å². The number of aromatic nitrogens is 4. The molecule has 0 fully saturated rings. The van der Waals surface area contributed by atoms with Crippen LogP contribution >= 0.6 is 0 Å². The SMILES string of the molecule is Cc1nc(CN(C)S(=O)(=O)c2ccc(CN)nc2)n[nH]1. The Morgan fingerprint density at radius 3 is 2.65 bits per heavy atom. The lowest BCUT2D eigenvalue weighted by molar-refractivity contribution is 0.457. The highest BCUT2D eigenvalue weighted by molar-refractivity contribution is 7.89. The molecule has 0 amide bonds. The number of pyridine rings is 1. The fourth-order valence-electron chi connectivity index (χ4n) is 1.61. The van der Waals surface area contributed by atoms with Gasteiger partial charge in [-0.3, -0.25) is 10.1 Å². The lowest BCUT2D eigenvalue weighted by atomic mass is 10.4. The first-order chi connectivity index (χ1) is 9.43. The molecule has 0 aromatic carbocycles. The molecule has 108 valence electrons. The number of nitrogens with zero attached hydrogens (tertiary/aromatic N) is 4. The Morgan fingerprint density at radius 1 is 1.40 bits per heavy atom. The van der Waals surface area contributed by atoms with Crippen LogP contribution in [0.5, 0.6) is 0 Å². The molecule has 9 heteroatoms. The molecule has 0 aliphatic heterocycles. The van der Waals surface area contributed by atoms with E-state index >= 15 is 0 Å². The molecule has 2 aromatic heterocycles. The number of nitrogens with one attached hydrogen (secondary N) is 1. The zero-order valence-corrected chi connectivity index (χ0v) is 12.1.